The zero-order chi connectivity index (χ0) is 21.1. The Balaban J connectivity index is 0. The summed E-state index contributed by atoms with van der Waals surface area (Å²) >= 11 is 6.29. The van der Waals surface area contributed by atoms with Crippen LogP contribution in [-0.4, -0.2) is 58.5 Å². The summed E-state index contributed by atoms with van der Waals surface area (Å²) in [5.41, 5.74) is 1.66. The van der Waals surface area contributed by atoms with Crippen LogP contribution < -0.4 is 10.6 Å². The quantitative estimate of drug-likeness (QED) is 0.471. The molecule has 1 heterocycles. The number of nitrogens with one attached hydrogen (secondary N) is 2. The van der Waals surface area contributed by atoms with Crippen molar-refractivity contribution in [2.75, 3.05) is 19.6 Å². The fraction of sp³-hybridized carbons (Fsp3) is 0.875. The SMILES string of the molecule is C.CC(C)[C@H](CN1CCC(C2=CCC(Cl)CC2)C(C)(C)C1)NC(=O)NC(C)(C)C.O.O. The van der Waals surface area contributed by atoms with Gasteiger partial charge in [0.15, 0.2) is 0 Å². The number of piperidine rings is 1. The second-order valence-corrected chi connectivity index (χ2v) is 11.5. The number of likely N-dealkylation sites (tertiary alicyclic amines) is 1. The van der Waals surface area contributed by atoms with Crippen LogP contribution in [0.1, 0.15) is 81.6 Å². The van der Waals surface area contributed by atoms with E-state index in [1.165, 1.54) is 6.42 Å². The normalized spacial score (nSPS) is 24.6. The molecule has 0 bridgehead atoms. The highest BCUT2D eigenvalue weighted by atomic mass is 35.5. The van der Waals surface area contributed by atoms with Crippen LogP contribution in [0, 0.1) is 17.3 Å². The topological polar surface area (TPSA) is 107 Å². The van der Waals surface area contributed by atoms with E-state index >= 15 is 0 Å². The average Bonchev–Trinajstić information content (AvgIpc) is 2.53. The summed E-state index contributed by atoms with van der Waals surface area (Å²) in [5, 5.41) is 6.56. The molecule has 2 aliphatic rings. The Hall–Kier alpha value is -0.820. The summed E-state index contributed by atoms with van der Waals surface area (Å²) < 4.78 is 0. The van der Waals surface area contributed by atoms with Crippen molar-refractivity contribution in [3.63, 3.8) is 0 Å². The minimum Gasteiger partial charge on any atom is -0.412 e. The fourth-order valence-corrected chi connectivity index (χ4v) is 4.89. The number of nitrogens with zero attached hydrogens (tertiary/aromatic N) is 1. The van der Waals surface area contributed by atoms with E-state index < -0.39 is 0 Å². The van der Waals surface area contributed by atoms with Gasteiger partial charge in [0.05, 0.1) is 0 Å². The second kappa shape index (κ2) is 13.0. The van der Waals surface area contributed by atoms with Crippen molar-refractivity contribution in [2.45, 2.75) is 98.5 Å². The molecule has 0 radical (unpaired) electrons. The molecule has 186 valence electrons. The lowest BCUT2D eigenvalue weighted by molar-refractivity contribution is 0.0608. The van der Waals surface area contributed by atoms with Gasteiger partial charge in [-0.1, -0.05) is 46.8 Å². The molecule has 2 rings (SSSR count). The average molecular weight is 464 g/mol. The Morgan fingerprint density at radius 3 is 2.32 bits per heavy atom. The van der Waals surface area contributed by atoms with E-state index in [4.69, 9.17) is 11.6 Å². The number of rotatable bonds is 5. The van der Waals surface area contributed by atoms with Crippen molar-refractivity contribution in [3.05, 3.63) is 11.6 Å². The molecule has 7 heteroatoms. The maximum atomic E-state index is 12.4. The molecule has 1 aliphatic carbocycles. The first-order chi connectivity index (χ1) is 12.9. The number of hydrogen-bond donors (Lipinski definition) is 2. The Bertz CT molecular complexity index is 573. The molecular formula is C24H50ClN3O3. The monoisotopic (exact) mass is 463 g/mol. The molecule has 2 amide bonds. The van der Waals surface area contributed by atoms with Crippen molar-refractivity contribution >= 4 is 17.6 Å². The zero-order valence-corrected chi connectivity index (χ0v) is 20.8. The minimum atomic E-state index is -0.221. The van der Waals surface area contributed by atoms with Gasteiger partial charge in [-0.2, -0.15) is 0 Å². The molecule has 0 aromatic heterocycles. The second-order valence-electron chi connectivity index (χ2n) is 10.9. The number of allylic oxidation sites excluding steroid dienone is 2. The van der Waals surface area contributed by atoms with Crippen LogP contribution in [0.15, 0.2) is 11.6 Å². The minimum absolute atomic E-state index is 0. The first-order valence-electron chi connectivity index (χ1n) is 11.0. The molecule has 31 heavy (non-hydrogen) atoms. The summed E-state index contributed by atoms with van der Waals surface area (Å²) in [7, 11) is 0. The summed E-state index contributed by atoms with van der Waals surface area (Å²) in [6.45, 7) is 18.3. The van der Waals surface area contributed by atoms with Gasteiger partial charge < -0.3 is 26.5 Å². The van der Waals surface area contributed by atoms with E-state index in [-0.39, 0.29) is 41.4 Å². The number of carbonyl (C=O) groups is 1. The van der Waals surface area contributed by atoms with Crippen molar-refractivity contribution in [2.24, 2.45) is 17.3 Å². The molecule has 0 spiro atoms. The maximum Gasteiger partial charge on any atom is 0.315 e. The van der Waals surface area contributed by atoms with Gasteiger partial charge in [-0.15, -0.1) is 11.6 Å². The maximum absolute atomic E-state index is 12.4. The van der Waals surface area contributed by atoms with Crippen LogP contribution in [0.2, 0.25) is 0 Å². The Labute approximate surface area is 196 Å². The molecule has 2 unspecified atom stereocenters. The highest BCUT2D eigenvalue weighted by Gasteiger charge is 2.39. The van der Waals surface area contributed by atoms with Crippen LogP contribution in [-0.2, 0) is 0 Å². The molecule has 1 aliphatic heterocycles. The van der Waals surface area contributed by atoms with Crippen molar-refractivity contribution < 1.29 is 15.7 Å². The van der Waals surface area contributed by atoms with Gasteiger partial charge in [0.2, 0.25) is 0 Å². The van der Waals surface area contributed by atoms with Crippen LogP contribution in [0.3, 0.4) is 0 Å². The molecular weight excluding hydrogens is 414 g/mol. The lowest BCUT2D eigenvalue weighted by atomic mass is 9.68. The number of carbonyl (C=O) groups excluding carboxylic acids is 1. The highest BCUT2D eigenvalue weighted by Crippen LogP contribution is 2.43. The summed E-state index contributed by atoms with van der Waals surface area (Å²) in [5.74, 6) is 1.05. The van der Waals surface area contributed by atoms with E-state index in [2.05, 4.69) is 49.3 Å². The zero-order valence-electron chi connectivity index (χ0n) is 20.1. The first-order valence-corrected chi connectivity index (χ1v) is 11.4. The predicted octanol–water partition coefficient (Wildman–Crippen LogP) is 4.16. The van der Waals surface area contributed by atoms with Crippen molar-refractivity contribution in [1.82, 2.24) is 15.5 Å². The van der Waals surface area contributed by atoms with Crippen LogP contribution >= 0.6 is 11.6 Å². The molecule has 3 atom stereocenters. The van der Waals surface area contributed by atoms with Crippen LogP contribution in [0.5, 0.6) is 0 Å². The molecule has 1 fully saturated rings. The van der Waals surface area contributed by atoms with Crippen LogP contribution in [0.4, 0.5) is 4.79 Å². The predicted molar refractivity (Wildman–Crippen MR) is 134 cm³/mol. The van der Waals surface area contributed by atoms with Gasteiger partial charge in [0.25, 0.3) is 0 Å². The van der Waals surface area contributed by atoms with Crippen LogP contribution in [0.25, 0.3) is 0 Å². The Morgan fingerprint density at radius 1 is 1.26 bits per heavy atom. The summed E-state index contributed by atoms with van der Waals surface area (Å²) in [6, 6.07) is 0.0870. The van der Waals surface area contributed by atoms with Gasteiger partial charge in [0.1, 0.15) is 0 Å². The third kappa shape index (κ3) is 10.1. The van der Waals surface area contributed by atoms with Gasteiger partial charge >= 0.3 is 6.03 Å². The Kier molecular flexibility index (Phi) is 13.6. The van der Waals surface area contributed by atoms with Gasteiger partial charge in [-0.25, -0.2) is 4.79 Å². The highest BCUT2D eigenvalue weighted by molar-refractivity contribution is 6.20. The smallest absolute Gasteiger partial charge is 0.315 e. The lowest BCUT2D eigenvalue weighted by Gasteiger charge is -2.47. The number of hydrogen-bond acceptors (Lipinski definition) is 2. The van der Waals surface area contributed by atoms with Crippen molar-refractivity contribution in [1.29, 1.82) is 0 Å². The molecule has 0 aromatic rings. The van der Waals surface area contributed by atoms with E-state index in [0.29, 0.717) is 17.2 Å². The molecule has 6 N–H and O–H groups in total. The van der Waals surface area contributed by atoms with Gasteiger partial charge in [-0.3, -0.25) is 0 Å². The standard InChI is InChI=1S/C23H42ClN3O.CH4.2H2O/c1-16(2)20(25-21(28)26-22(3,4)5)14-27-13-12-19(23(6,7)15-27)17-8-10-18(24)11-9-17;;;/h8,16,18-20H,9-15H2,1-7H3,(H2,25,26,28);1H4;2*1H2/t18?,19?,20-;;;/m0.../s1. The third-order valence-corrected chi connectivity index (χ3v) is 6.60. The van der Waals surface area contributed by atoms with E-state index in [0.717, 1.165) is 38.9 Å². The lowest BCUT2D eigenvalue weighted by Crippen LogP contribution is -2.56. The van der Waals surface area contributed by atoms with Crippen molar-refractivity contribution in [3.8, 4) is 0 Å². The molecule has 0 saturated carbocycles. The third-order valence-electron chi connectivity index (χ3n) is 6.20. The van der Waals surface area contributed by atoms with E-state index in [1.54, 1.807) is 5.57 Å². The fourth-order valence-electron chi connectivity index (χ4n) is 4.70. The number of halogens is 1. The number of amides is 2. The largest absolute Gasteiger partial charge is 0.412 e. The number of urea groups is 1. The molecule has 1 saturated heterocycles. The first kappa shape index (κ1) is 32.4. The molecule has 0 aromatic carbocycles. The number of alkyl halides is 1. The summed E-state index contributed by atoms with van der Waals surface area (Å²) in [6.07, 6.45) is 6.91. The van der Waals surface area contributed by atoms with Gasteiger partial charge in [0, 0.05) is 30.0 Å². The summed E-state index contributed by atoms with van der Waals surface area (Å²) in [4.78, 5) is 14.9. The van der Waals surface area contributed by atoms with Gasteiger partial charge in [-0.05, 0) is 70.3 Å². The van der Waals surface area contributed by atoms with E-state index in [1.807, 2.05) is 20.8 Å². The van der Waals surface area contributed by atoms with E-state index in [9.17, 15) is 4.79 Å². The molecule has 6 nitrogen and oxygen atoms in total. The Morgan fingerprint density at radius 2 is 1.87 bits per heavy atom.